The van der Waals surface area contributed by atoms with Crippen molar-refractivity contribution < 1.29 is 26.9 Å². The number of halogens is 3. The number of hydrogen-bond donors (Lipinski definition) is 3. The number of carbonyl (C=O) groups excluding carboxylic acids is 1. The molecule has 1 aliphatic heterocycles. The molecule has 0 aliphatic carbocycles. The highest BCUT2D eigenvalue weighted by molar-refractivity contribution is 7.91. The van der Waals surface area contributed by atoms with Crippen LogP contribution in [-0.2, 0) is 29.0 Å². The van der Waals surface area contributed by atoms with Crippen LogP contribution in [0.5, 0.6) is 5.75 Å². The van der Waals surface area contributed by atoms with Gasteiger partial charge in [-0.15, -0.1) is 0 Å². The quantitative estimate of drug-likeness (QED) is 0.0951. The zero-order valence-corrected chi connectivity index (χ0v) is 30.1. The highest BCUT2D eigenvalue weighted by Gasteiger charge is 2.34. The summed E-state index contributed by atoms with van der Waals surface area (Å²) in [4.78, 5) is 19.6. The summed E-state index contributed by atoms with van der Waals surface area (Å²) in [7, 11) is -1.07. The lowest BCUT2D eigenvalue weighted by molar-refractivity contribution is -0.137. The predicted molar refractivity (Wildman–Crippen MR) is 198 cm³/mol. The van der Waals surface area contributed by atoms with Crippen LogP contribution in [0, 0.1) is 18.6 Å². The summed E-state index contributed by atoms with van der Waals surface area (Å²) >= 11 is 0. The third-order valence-electron chi connectivity index (χ3n) is 9.10. The molecule has 0 saturated carbocycles. The van der Waals surface area contributed by atoms with Crippen LogP contribution in [0.15, 0.2) is 66.9 Å². The van der Waals surface area contributed by atoms with Crippen LogP contribution in [-0.4, -0.2) is 58.8 Å². The number of pyridine rings is 1. The van der Waals surface area contributed by atoms with Gasteiger partial charge in [-0.3, -0.25) is 23.7 Å². The third-order valence-corrected chi connectivity index (χ3v) is 10.1. The summed E-state index contributed by atoms with van der Waals surface area (Å²) in [6, 6.07) is 17.4. The Hall–Kier alpha value is -4.52. The molecule has 1 fully saturated rings. The van der Waals surface area contributed by atoms with E-state index in [1.165, 1.54) is 31.6 Å². The number of amides is 1. The van der Waals surface area contributed by atoms with E-state index in [0.717, 1.165) is 59.3 Å². The first-order valence-electron chi connectivity index (χ1n) is 16.8. The number of nitrogens with one attached hydrogen (secondary N) is 3. The Morgan fingerprint density at radius 3 is 2.33 bits per heavy atom. The lowest BCUT2D eigenvalue weighted by Gasteiger charge is -2.20. The maximum atomic E-state index is 14.3. The molecular weight excluding hydrogens is 676 g/mol. The molecule has 51 heavy (non-hydrogen) atoms. The SMILES string of the molecule is COc1cc(/C=C/c2cccc(-c3cccc(NC(=O)c4ccc(CNCCS(C)(=N)=O)cn4)c3C)c2C)c(C(F)(F)F)cc1CN1CCCC1. The second kappa shape index (κ2) is 16.2. The largest absolute Gasteiger partial charge is 0.496 e. The second-order valence-electron chi connectivity index (χ2n) is 13.0. The van der Waals surface area contributed by atoms with E-state index >= 15 is 0 Å². The van der Waals surface area contributed by atoms with E-state index in [2.05, 4.69) is 20.5 Å². The first kappa shape index (κ1) is 37.7. The number of alkyl halides is 3. The van der Waals surface area contributed by atoms with Gasteiger partial charge in [0.05, 0.1) is 12.7 Å². The number of anilines is 1. The minimum atomic E-state index is -4.54. The molecule has 1 aromatic heterocycles. The van der Waals surface area contributed by atoms with E-state index in [0.29, 0.717) is 36.6 Å². The van der Waals surface area contributed by atoms with Crippen molar-refractivity contribution >= 4 is 33.5 Å². The van der Waals surface area contributed by atoms with Gasteiger partial charge >= 0.3 is 6.18 Å². The number of benzene rings is 3. The van der Waals surface area contributed by atoms with Crippen molar-refractivity contribution in [2.24, 2.45) is 0 Å². The van der Waals surface area contributed by atoms with E-state index < -0.39 is 21.5 Å². The number of rotatable bonds is 13. The normalized spacial score (nSPS) is 14.9. The van der Waals surface area contributed by atoms with E-state index in [1.54, 1.807) is 24.4 Å². The number of carbonyl (C=O) groups is 1. The van der Waals surface area contributed by atoms with E-state index in [1.807, 2.05) is 50.2 Å². The van der Waals surface area contributed by atoms with E-state index in [9.17, 15) is 22.2 Å². The highest BCUT2D eigenvalue weighted by Crippen LogP contribution is 2.38. The fourth-order valence-corrected chi connectivity index (χ4v) is 6.77. The van der Waals surface area contributed by atoms with Gasteiger partial charge < -0.3 is 15.4 Å². The molecule has 0 spiro atoms. The first-order chi connectivity index (χ1) is 24.2. The number of methoxy groups -OCH3 is 1. The van der Waals surface area contributed by atoms with E-state index in [-0.39, 0.29) is 22.9 Å². The Kier molecular flexibility index (Phi) is 12.0. The first-order valence-corrected chi connectivity index (χ1v) is 18.9. The number of hydrogen-bond acceptors (Lipinski definition) is 7. The number of ether oxygens (including phenoxy) is 1. The topological polar surface area (TPSA) is 107 Å². The van der Waals surface area contributed by atoms with E-state index in [4.69, 9.17) is 9.52 Å². The molecule has 2 heterocycles. The van der Waals surface area contributed by atoms with Crippen molar-refractivity contribution in [3.63, 3.8) is 0 Å². The van der Waals surface area contributed by atoms with Crippen molar-refractivity contribution in [2.75, 3.05) is 44.1 Å². The minimum Gasteiger partial charge on any atom is -0.496 e. The maximum Gasteiger partial charge on any atom is 0.417 e. The lowest BCUT2D eigenvalue weighted by atomic mass is 9.92. The molecule has 3 aromatic carbocycles. The molecule has 8 nitrogen and oxygen atoms in total. The van der Waals surface area contributed by atoms with Gasteiger partial charge in [0.15, 0.2) is 0 Å². The number of likely N-dealkylation sites (tertiary alicyclic amines) is 1. The number of nitrogens with zero attached hydrogens (tertiary/aromatic N) is 2. The standard InChI is InChI=1S/C39H44F3N5O3S/c1-26-29(14-15-30-22-37(50-3)31(21-34(30)39(40,41)42)25-47-18-5-6-19-47)9-7-10-32(26)33-11-8-12-35(27(33)2)46-38(48)36-16-13-28(24-45-36)23-44-17-20-51(4,43)49/h7-16,21-22,24,43-44H,5-6,17-20,23,25H2,1-4H3,(H,46,48)/b15-14+. The molecule has 1 saturated heterocycles. The Labute approximate surface area is 298 Å². The summed E-state index contributed by atoms with van der Waals surface area (Å²) < 4.78 is 67.5. The molecule has 12 heteroatoms. The summed E-state index contributed by atoms with van der Waals surface area (Å²) in [5.41, 5.74) is 5.80. The Morgan fingerprint density at radius 1 is 1.00 bits per heavy atom. The van der Waals surface area contributed by atoms with Gasteiger partial charge in [-0.2, -0.15) is 13.2 Å². The molecule has 1 aliphatic rings. The van der Waals surface area contributed by atoms with Crippen molar-refractivity contribution in [3.05, 3.63) is 111 Å². The summed E-state index contributed by atoms with van der Waals surface area (Å²) in [6.45, 7) is 6.89. The molecule has 0 radical (unpaired) electrons. The van der Waals surface area contributed by atoms with Crippen LogP contribution in [0.3, 0.4) is 0 Å². The molecule has 4 aromatic rings. The minimum absolute atomic E-state index is 0.0324. The van der Waals surface area contributed by atoms with Gasteiger partial charge in [0, 0.05) is 58.8 Å². The maximum absolute atomic E-state index is 14.3. The Balaban J connectivity index is 1.34. The van der Waals surface area contributed by atoms with Gasteiger partial charge in [0.25, 0.3) is 5.91 Å². The Bertz CT molecular complexity index is 2010. The predicted octanol–water partition coefficient (Wildman–Crippen LogP) is 8.18. The van der Waals surface area contributed by atoms with Gasteiger partial charge in [0.1, 0.15) is 11.4 Å². The monoisotopic (exact) mass is 719 g/mol. The van der Waals surface area contributed by atoms with Crippen LogP contribution in [0.25, 0.3) is 23.3 Å². The van der Waals surface area contributed by atoms with Gasteiger partial charge in [-0.25, -0.2) is 0 Å². The molecule has 1 unspecified atom stereocenters. The average Bonchev–Trinajstić information content (AvgIpc) is 3.60. The van der Waals surface area contributed by atoms with Crippen LogP contribution in [0.2, 0.25) is 0 Å². The number of aromatic nitrogens is 1. The Morgan fingerprint density at radius 2 is 1.69 bits per heavy atom. The van der Waals surface area contributed by atoms with Crippen LogP contribution < -0.4 is 15.4 Å². The summed E-state index contributed by atoms with van der Waals surface area (Å²) in [5, 5.41) is 6.09. The lowest BCUT2D eigenvalue weighted by Crippen LogP contribution is -2.21. The zero-order chi connectivity index (χ0) is 36.8. The highest BCUT2D eigenvalue weighted by atomic mass is 32.2. The molecule has 1 amide bonds. The molecular formula is C39H44F3N5O3S. The average molecular weight is 720 g/mol. The molecule has 0 bridgehead atoms. The van der Waals surface area contributed by atoms with Crippen molar-refractivity contribution in [2.45, 2.75) is 46.0 Å². The second-order valence-corrected chi connectivity index (χ2v) is 15.4. The third kappa shape index (κ3) is 9.84. The molecule has 1 atom stereocenters. The molecule has 5 rings (SSSR count). The van der Waals surface area contributed by atoms with Gasteiger partial charge in [-0.1, -0.05) is 48.6 Å². The van der Waals surface area contributed by atoms with Crippen molar-refractivity contribution in [3.8, 4) is 16.9 Å². The van der Waals surface area contributed by atoms with Crippen molar-refractivity contribution in [1.82, 2.24) is 15.2 Å². The smallest absolute Gasteiger partial charge is 0.417 e. The molecule has 270 valence electrons. The van der Waals surface area contributed by atoms with Crippen LogP contribution in [0.4, 0.5) is 18.9 Å². The fourth-order valence-electron chi connectivity index (χ4n) is 6.24. The molecule has 3 N–H and O–H groups in total. The van der Waals surface area contributed by atoms with Gasteiger partial charge in [0.2, 0.25) is 0 Å². The summed E-state index contributed by atoms with van der Waals surface area (Å²) in [5.74, 6) is 0.320. The van der Waals surface area contributed by atoms with Gasteiger partial charge in [-0.05, 0) is 103 Å². The van der Waals surface area contributed by atoms with Crippen molar-refractivity contribution in [1.29, 1.82) is 4.78 Å². The summed E-state index contributed by atoms with van der Waals surface area (Å²) in [6.07, 6.45) is 3.75. The van der Waals surface area contributed by atoms with Crippen LogP contribution >= 0.6 is 0 Å². The zero-order valence-electron chi connectivity index (χ0n) is 29.3. The van der Waals surface area contributed by atoms with Crippen LogP contribution in [0.1, 0.15) is 62.3 Å². The fraction of sp³-hybridized carbons (Fsp3) is 0.333.